The summed E-state index contributed by atoms with van der Waals surface area (Å²) in [4.78, 5) is 8.63. The van der Waals surface area contributed by atoms with Crippen molar-refractivity contribution in [3.05, 3.63) is 54.0 Å². The van der Waals surface area contributed by atoms with Gasteiger partial charge in [-0.1, -0.05) is 12.1 Å². The number of benzene rings is 2. The fourth-order valence-electron chi connectivity index (χ4n) is 2.12. The number of aromatic nitrogens is 2. The molecule has 21 heavy (non-hydrogen) atoms. The zero-order valence-corrected chi connectivity index (χ0v) is 11.2. The van der Waals surface area contributed by atoms with Crippen molar-refractivity contribution in [2.24, 2.45) is 0 Å². The minimum atomic E-state index is -0.313. The second kappa shape index (κ2) is 5.17. The highest BCUT2D eigenvalue weighted by Gasteiger charge is 2.10. The number of hydrogen-bond donors (Lipinski definition) is 0. The predicted octanol–water partition coefficient (Wildman–Crippen LogP) is 3.32. The van der Waals surface area contributed by atoms with Crippen LogP contribution < -0.4 is 4.74 Å². The number of nitriles is 1. The number of methoxy groups -OCH3 is 1. The molecule has 0 spiro atoms. The van der Waals surface area contributed by atoms with Crippen molar-refractivity contribution in [2.75, 3.05) is 7.11 Å². The highest BCUT2D eigenvalue weighted by atomic mass is 19.1. The molecular formula is C16H10FN3O. The number of hydrogen-bond acceptors (Lipinski definition) is 4. The van der Waals surface area contributed by atoms with E-state index in [9.17, 15) is 4.39 Å². The molecule has 1 aromatic heterocycles. The Balaban J connectivity index is 2.30. The maximum atomic E-state index is 13.1. The van der Waals surface area contributed by atoms with Crippen LogP contribution in [0.15, 0.2) is 42.6 Å². The van der Waals surface area contributed by atoms with E-state index >= 15 is 0 Å². The maximum Gasteiger partial charge on any atom is 0.232 e. The Labute approximate surface area is 120 Å². The van der Waals surface area contributed by atoms with Crippen molar-refractivity contribution in [3.63, 3.8) is 0 Å². The lowest BCUT2D eigenvalue weighted by atomic mass is 10.0. The van der Waals surface area contributed by atoms with Crippen molar-refractivity contribution in [3.8, 4) is 23.1 Å². The molecule has 0 N–H and O–H groups in total. The van der Waals surface area contributed by atoms with Crippen LogP contribution in [0.1, 0.15) is 5.56 Å². The molecule has 0 aliphatic carbocycles. The summed E-state index contributed by atoms with van der Waals surface area (Å²) in [7, 11) is 1.50. The third-order valence-electron chi connectivity index (χ3n) is 3.12. The molecule has 102 valence electrons. The lowest BCUT2D eigenvalue weighted by Crippen LogP contribution is -1.94. The first-order valence-electron chi connectivity index (χ1n) is 6.22. The molecule has 0 saturated carbocycles. The molecule has 0 unspecified atom stereocenters. The third kappa shape index (κ3) is 2.39. The fraction of sp³-hybridized carbons (Fsp3) is 0.0625. The molecule has 0 bridgehead atoms. The standard InChI is InChI=1S/C16H10FN3O/c1-21-15-9-19-16-13(11-2-4-12(17)5-3-11)6-10(8-18)7-14(16)20-15/h2-7,9H,1H3. The fourth-order valence-corrected chi connectivity index (χ4v) is 2.12. The van der Waals surface area contributed by atoms with E-state index in [0.29, 0.717) is 22.5 Å². The summed E-state index contributed by atoms with van der Waals surface area (Å²) >= 11 is 0. The summed E-state index contributed by atoms with van der Waals surface area (Å²) in [5.41, 5.74) is 3.18. The smallest absolute Gasteiger partial charge is 0.232 e. The minimum absolute atomic E-state index is 0.313. The van der Waals surface area contributed by atoms with E-state index in [2.05, 4.69) is 16.0 Å². The van der Waals surface area contributed by atoms with E-state index in [4.69, 9.17) is 10.00 Å². The van der Waals surface area contributed by atoms with Gasteiger partial charge in [0.25, 0.3) is 0 Å². The van der Waals surface area contributed by atoms with Crippen LogP contribution in [-0.4, -0.2) is 17.1 Å². The topological polar surface area (TPSA) is 58.8 Å². The molecule has 0 radical (unpaired) electrons. The molecule has 5 heteroatoms. The van der Waals surface area contributed by atoms with Crippen LogP contribution in [0.25, 0.3) is 22.2 Å². The first-order valence-corrected chi connectivity index (χ1v) is 6.22. The highest BCUT2D eigenvalue weighted by molar-refractivity contribution is 5.92. The Kier molecular flexibility index (Phi) is 3.20. The van der Waals surface area contributed by atoms with Crippen LogP contribution in [0.2, 0.25) is 0 Å². The van der Waals surface area contributed by atoms with Crippen LogP contribution in [0.3, 0.4) is 0 Å². The zero-order valence-electron chi connectivity index (χ0n) is 11.2. The number of rotatable bonds is 2. The van der Waals surface area contributed by atoms with Crippen LogP contribution in [0.4, 0.5) is 4.39 Å². The van der Waals surface area contributed by atoms with E-state index in [1.54, 1.807) is 24.3 Å². The molecule has 4 nitrogen and oxygen atoms in total. The summed E-state index contributed by atoms with van der Waals surface area (Å²) in [5, 5.41) is 9.15. The van der Waals surface area contributed by atoms with Crippen LogP contribution in [0, 0.1) is 17.1 Å². The Bertz CT molecular complexity index is 854. The number of nitrogens with zero attached hydrogens (tertiary/aromatic N) is 3. The van der Waals surface area contributed by atoms with Gasteiger partial charge >= 0.3 is 0 Å². The maximum absolute atomic E-state index is 13.1. The van der Waals surface area contributed by atoms with E-state index in [1.807, 2.05) is 0 Å². The van der Waals surface area contributed by atoms with Crippen LogP contribution in [0.5, 0.6) is 5.88 Å². The second-order valence-corrected chi connectivity index (χ2v) is 4.42. The molecule has 0 fully saturated rings. The number of halogens is 1. The highest BCUT2D eigenvalue weighted by Crippen LogP contribution is 2.29. The van der Waals surface area contributed by atoms with Crippen molar-refractivity contribution in [1.29, 1.82) is 5.26 Å². The van der Waals surface area contributed by atoms with E-state index in [0.717, 1.165) is 11.1 Å². The summed E-state index contributed by atoms with van der Waals surface area (Å²) in [6.45, 7) is 0. The molecule has 1 heterocycles. The molecule has 3 rings (SSSR count). The van der Waals surface area contributed by atoms with Gasteiger partial charge in [0.05, 0.1) is 36.0 Å². The Morgan fingerprint density at radius 3 is 2.62 bits per heavy atom. The molecule has 0 aliphatic rings. The third-order valence-corrected chi connectivity index (χ3v) is 3.12. The molecule has 3 aromatic rings. The molecular weight excluding hydrogens is 269 g/mol. The molecule has 0 saturated heterocycles. The lowest BCUT2D eigenvalue weighted by Gasteiger charge is -2.08. The van der Waals surface area contributed by atoms with Gasteiger partial charge in [-0.15, -0.1) is 0 Å². The minimum Gasteiger partial charge on any atom is -0.480 e. The largest absolute Gasteiger partial charge is 0.480 e. The molecule has 0 amide bonds. The molecule has 0 atom stereocenters. The van der Waals surface area contributed by atoms with Gasteiger partial charge in [-0.3, -0.25) is 0 Å². The summed E-state index contributed by atoms with van der Waals surface area (Å²) in [6.07, 6.45) is 1.52. The van der Waals surface area contributed by atoms with Crippen molar-refractivity contribution < 1.29 is 9.13 Å². The zero-order chi connectivity index (χ0) is 14.8. The van der Waals surface area contributed by atoms with Gasteiger partial charge in [-0.25, -0.2) is 14.4 Å². The second-order valence-electron chi connectivity index (χ2n) is 4.42. The normalized spacial score (nSPS) is 10.3. The monoisotopic (exact) mass is 279 g/mol. The van der Waals surface area contributed by atoms with Crippen LogP contribution >= 0.6 is 0 Å². The predicted molar refractivity (Wildman–Crippen MR) is 76.2 cm³/mol. The van der Waals surface area contributed by atoms with Gasteiger partial charge in [-0.05, 0) is 29.8 Å². The number of ether oxygens (including phenoxy) is 1. The van der Waals surface area contributed by atoms with Gasteiger partial charge in [0, 0.05) is 5.56 Å². The van der Waals surface area contributed by atoms with Crippen molar-refractivity contribution in [2.45, 2.75) is 0 Å². The Hall–Kier alpha value is -3.00. The average Bonchev–Trinajstić information content (AvgIpc) is 2.54. The number of fused-ring (bicyclic) bond motifs is 1. The Morgan fingerprint density at radius 2 is 1.95 bits per heavy atom. The quantitative estimate of drug-likeness (QED) is 0.722. The van der Waals surface area contributed by atoms with Gasteiger partial charge in [0.2, 0.25) is 5.88 Å². The van der Waals surface area contributed by atoms with E-state index in [-0.39, 0.29) is 5.82 Å². The first kappa shape index (κ1) is 13.0. The summed E-state index contributed by atoms with van der Waals surface area (Å²) in [5.74, 6) is 0.0647. The van der Waals surface area contributed by atoms with Gasteiger partial charge in [-0.2, -0.15) is 5.26 Å². The summed E-state index contributed by atoms with van der Waals surface area (Å²) in [6, 6.07) is 11.5. The summed E-state index contributed by atoms with van der Waals surface area (Å²) < 4.78 is 18.1. The lowest BCUT2D eigenvalue weighted by molar-refractivity contribution is 0.397. The van der Waals surface area contributed by atoms with Gasteiger partial charge in [0.1, 0.15) is 5.82 Å². The van der Waals surface area contributed by atoms with Gasteiger partial charge in [0.15, 0.2) is 0 Å². The van der Waals surface area contributed by atoms with Crippen molar-refractivity contribution >= 4 is 11.0 Å². The van der Waals surface area contributed by atoms with Crippen molar-refractivity contribution in [1.82, 2.24) is 9.97 Å². The van der Waals surface area contributed by atoms with E-state index in [1.165, 1.54) is 25.4 Å². The SMILES string of the molecule is COc1cnc2c(-c3ccc(F)cc3)cc(C#N)cc2n1. The van der Waals surface area contributed by atoms with Crippen LogP contribution in [-0.2, 0) is 0 Å². The average molecular weight is 279 g/mol. The van der Waals surface area contributed by atoms with Gasteiger partial charge < -0.3 is 4.74 Å². The van der Waals surface area contributed by atoms with E-state index < -0.39 is 0 Å². The molecule has 2 aromatic carbocycles. The molecule has 0 aliphatic heterocycles. The Morgan fingerprint density at radius 1 is 1.19 bits per heavy atom. The first-order chi connectivity index (χ1) is 10.2.